The maximum atomic E-state index is 10.8. The standard InChI is InChI=1S/C2H3B3N5O3/c11-2(4-12)10(5-13)3-1-6-8-9-7-1/h12-13H,(H,6,7,8,9). The van der Waals surface area contributed by atoms with Gasteiger partial charge in [-0.25, -0.2) is 0 Å². The number of H-pyrrole nitrogens is 1. The molecule has 0 aliphatic carbocycles. The number of nitrogens with zero attached hydrogens (tertiary/aromatic N) is 4. The zero-order chi connectivity index (χ0) is 9.68. The summed E-state index contributed by atoms with van der Waals surface area (Å²) in [7, 11) is 1.84. The average Bonchev–Trinajstić information content (AvgIpc) is 2.65. The first kappa shape index (κ1) is 9.74. The lowest BCUT2D eigenvalue weighted by Gasteiger charge is -2.13. The quantitative estimate of drug-likeness (QED) is 0.404. The van der Waals surface area contributed by atoms with E-state index in [-0.39, 0.29) is 5.72 Å². The largest absolute Gasteiger partial charge is 0.446 e. The summed E-state index contributed by atoms with van der Waals surface area (Å²) >= 11 is 0. The van der Waals surface area contributed by atoms with Gasteiger partial charge in [-0.05, 0) is 0 Å². The second-order valence-corrected chi connectivity index (χ2v) is 1.89. The summed E-state index contributed by atoms with van der Waals surface area (Å²) < 4.78 is 0.685. The van der Waals surface area contributed by atoms with Crippen molar-refractivity contribution >= 4 is 34.0 Å². The summed E-state index contributed by atoms with van der Waals surface area (Å²) in [5.74, 6) is -0.827. The minimum absolute atomic E-state index is 0.0977. The fraction of sp³-hybridized carbons (Fsp3) is 0. The Bertz CT molecular complexity index is 266. The van der Waals surface area contributed by atoms with Crippen molar-refractivity contribution in [2.45, 2.75) is 0 Å². The Balaban J connectivity index is 2.54. The van der Waals surface area contributed by atoms with Gasteiger partial charge < -0.3 is 14.8 Å². The molecule has 0 bridgehead atoms. The van der Waals surface area contributed by atoms with E-state index in [0.717, 1.165) is 7.41 Å². The van der Waals surface area contributed by atoms with Crippen LogP contribution in [0.3, 0.4) is 0 Å². The molecule has 11 heteroatoms. The van der Waals surface area contributed by atoms with E-state index in [1.165, 1.54) is 0 Å². The smallest absolute Gasteiger partial charge is 0.423 e. The Kier molecular flexibility index (Phi) is 3.47. The Morgan fingerprint density at radius 3 is 2.77 bits per heavy atom. The van der Waals surface area contributed by atoms with Crippen molar-refractivity contribution in [1.82, 2.24) is 25.3 Å². The van der Waals surface area contributed by atoms with Gasteiger partial charge in [-0.1, -0.05) is 5.21 Å². The number of carbonyl (C=O) groups is 1. The highest BCUT2D eigenvalue weighted by atomic mass is 16.2. The van der Waals surface area contributed by atoms with E-state index in [1.807, 2.05) is 0 Å². The molecule has 0 atom stereocenters. The average molecular weight is 178 g/mol. The molecule has 0 fully saturated rings. The number of tetrazole rings is 1. The maximum Gasteiger partial charge on any atom is 0.423 e. The van der Waals surface area contributed by atoms with E-state index in [1.54, 1.807) is 0 Å². The van der Waals surface area contributed by atoms with Crippen molar-refractivity contribution in [2.75, 3.05) is 0 Å². The number of rotatable bonds is 4. The third-order valence-corrected chi connectivity index (χ3v) is 1.11. The molecule has 0 saturated heterocycles. The molecule has 0 aliphatic rings. The molecule has 8 nitrogen and oxygen atoms in total. The molecular formula is C2H3B3N5O3. The zero-order valence-electron chi connectivity index (χ0n) is 6.32. The highest BCUT2D eigenvalue weighted by Crippen LogP contribution is 1.81. The molecular weight excluding hydrogens is 174 g/mol. The first-order valence-corrected chi connectivity index (χ1v) is 3.13. The van der Waals surface area contributed by atoms with E-state index < -0.39 is 5.81 Å². The first-order valence-electron chi connectivity index (χ1n) is 3.13. The molecule has 0 aromatic carbocycles. The van der Waals surface area contributed by atoms with Gasteiger partial charge in [0.25, 0.3) is 0 Å². The van der Waals surface area contributed by atoms with Crippen LogP contribution >= 0.6 is 0 Å². The number of carbonyl (C=O) groups excluding carboxylic acids is 1. The SMILES string of the molecule is O=C([B]O)N([B]O)[B]c1nn[nH]n1. The second-order valence-electron chi connectivity index (χ2n) is 1.89. The van der Waals surface area contributed by atoms with E-state index in [0.29, 0.717) is 19.8 Å². The lowest BCUT2D eigenvalue weighted by Crippen LogP contribution is -2.46. The molecule has 1 aromatic rings. The Morgan fingerprint density at radius 1 is 1.54 bits per heavy atom. The molecule has 0 aliphatic heterocycles. The van der Waals surface area contributed by atoms with Crippen LogP contribution in [0.25, 0.3) is 0 Å². The number of nitrogens with one attached hydrogen (secondary N) is 1. The van der Waals surface area contributed by atoms with Crippen molar-refractivity contribution in [2.24, 2.45) is 0 Å². The molecule has 3 N–H and O–H groups in total. The van der Waals surface area contributed by atoms with Gasteiger partial charge in [0.2, 0.25) is 0 Å². The van der Waals surface area contributed by atoms with E-state index in [4.69, 9.17) is 10.0 Å². The molecule has 13 heavy (non-hydrogen) atoms. The van der Waals surface area contributed by atoms with Gasteiger partial charge in [-0.15, -0.1) is 10.2 Å². The molecule has 1 heterocycles. The summed E-state index contributed by atoms with van der Waals surface area (Å²) in [5, 5.41) is 29.3. The number of amides is 1. The molecule has 0 spiro atoms. The lowest BCUT2D eigenvalue weighted by molar-refractivity contribution is 0.251. The molecule has 0 unspecified atom stereocenters. The van der Waals surface area contributed by atoms with Gasteiger partial charge >= 0.3 is 22.5 Å². The predicted molar refractivity (Wildman–Crippen MR) is 42.7 cm³/mol. The van der Waals surface area contributed by atoms with Crippen molar-refractivity contribution in [3.63, 3.8) is 0 Å². The van der Waals surface area contributed by atoms with Crippen LogP contribution in [-0.4, -0.2) is 63.7 Å². The first-order chi connectivity index (χ1) is 6.27. The normalized spacial score (nSPS) is 9.08. The summed E-state index contributed by atoms with van der Waals surface area (Å²) in [5.41, 5.74) is 0.0977. The monoisotopic (exact) mass is 178 g/mol. The van der Waals surface area contributed by atoms with Crippen LogP contribution in [0.2, 0.25) is 0 Å². The van der Waals surface area contributed by atoms with Gasteiger partial charge in [0.05, 0.1) is 0 Å². The van der Waals surface area contributed by atoms with Crippen LogP contribution in [0.5, 0.6) is 0 Å². The Hall–Kier alpha value is -1.35. The molecule has 1 aromatic heterocycles. The van der Waals surface area contributed by atoms with E-state index >= 15 is 0 Å². The topological polar surface area (TPSA) is 115 Å². The van der Waals surface area contributed by atoms with E-state index in [2.05, 4.69) is 20.6 Å². The molecule has 3 radical (unpaired) electrons. The van der Waals surface area contributed by atoms with Gasteiger partial charge in [0.15, 0.2) is 11.5 Å². The number of aromatic amines is 1. The van der Waals surface area contributed by atoms with E-state index in [9.17, 15) is 4.79 Å². The highest BCUT2D eigenvalue weighted by molar-refractivity contribution is 6.77. The van der Waals surface area contributed by atoms with Crippen molar-refractivity contribution in [1.29, 1.82) is 0 Å². The summed E-state index contributed by atoms with van der Waals surface area (Å²) in [4.78, 5) is 10.8. The van der Waals surface area contributed by atoms with Gasteiger partial charge in [0, 0.05) is 0 Å². The maximum absolute atomic E-state index is 10.8. The van der Waals surface area contributed by atoms with Gasteiger partial charge in [-0.3, -0.25) is 4.79 Å². The van der Waals surface area contributed by atoms with Crippen molar-refractivity contribution in [3.05, 3.63) is 0 Å². The lowest BCUT2D eigenvalue weighted by atomic mass is 9.79. The minimum atomic E-state index is -0.827. The molecule has 0 saturated carbocycles. The Labute approximate surface area is 75.2 Å². The van der Waals surface area contributed by atoms with Crippen LogP contribution in [0.1, 0.15) is 0 Å². The number of hydrogen-bond donors (Lipinski definition) is 3. The van der Waals surface area contributed by atoms with Crippen LogP contribution in [0.15, 0.2) is 0 Å². The Morgan fingerprint density at radius 2 is 2.31 bits per heavy atom. The second kappa shape index (κ2) is 4.62. The van der Waals surface area contributed by atoms with Gasteiger partial charge in [0.1, 0.15) is 0 Å². The zero-order valence-corrected chi connectivity index (χ0v) is 6.32. The molecule has 63 valence electrons. The number of aromatic nitrogens is 4. The van der Waals surface area contributed by atoms with Gasteiger partial charge in [-0.2, -0.15) is 5.21 Å². The summed E-state index contributed by atoms with van der Waals surface area (Å²) in [6, 6.07) is 0. The third-order valence-electron chi connectivity index (χ3n) is 1.11. The van der Waals surface area contributed by atoms with Crippen LogP contribution in [0.4, 0.5) is 4.79 Å². The predicted octanol–water partition coefficient (Wildman–Crippen LogP) is -4.00. The summed E-state index contributed by atoms with van der Waals surface area (Å²) in [6.45, 7) is 0. The highest BCUT2D eigenvalue weighted by Gasteiger charge is 2.18. The van der Waals surface area contributed by atoms with Crippen molar-refractivity contribution in [3.8, 4) is 0 Å². The van der Waals surface area contributed by atoms with Crippen LogP contribution in [-0.2, 0) is 0 Å². The molecule has 1 amide bonds. The van der Waals surface area contributed by atoms with Crippen LogP contribution in [0, 0.1) is 0 Å². The third kappa shape index (κ3) is 2.56. The van der Waals surface area contributed by atoms with Crippen molar-refractivity contribution < 1.29 is 14.8 Å². The summed E-state index contributed by atoms with van der Waals surface area (Å²) in [6.07, 6.45) is 0. The fourth-order valence-corrected chi connectivity index (χ4v) is 0.569. The fourth-order valence-electron chi connectivity index (χ4n) is 0.569. The minimum Gasteiger partial charge on any atom is -0.446 e. The molecule has 1 rings (SSSR count). The number of hydrogen-bond acceptors (Lipinski definition) is 6. The van der Waals surface area contributed by atoms with Crippen LogP contribution < -0.4 is 5.72 Å².